The number of benzene rings is 1. The van der Waals surface area contributed by atoms with Crippen molar-refractivity contribution in [3.63, 3.8) is 0 Å². The van der Waals surface area contributed by atoms with Crippen LogP contribution in [0, 0.1) is 5.92 Å². The van der Waals surface area contributed by atoms with Gasteiger partial charge in [-0.15, -0.1) is 0 Å². The highest BCUT2D eigenvalue weighted by atomic mass is 16.1. The Hall–Kier alpha value is -1.63. The maximum absolute atomic E-state index is 12.4. The highest BCUT2D eigenvalue weighted by molar-refractivity contribution is 6.27. The smallest absolute Gasteiger partial charge is 0.170 e. The van der Waals surface area contributed by atoms with Crippen LogP contribution in [-0.4, -0.2) is 5.78 Å². The third kappa shape index (κ3) is 1.57. The highest BCUT2D eigenvalue weighted by Gasteiger charge is 2.35. The average molecular weight is 224 g/mol. The second-order valence-electron chi connectivity index (χ2n) is 4.86. The average Bonchev–Trinajstić information content (AvgIpc) is 2.64. The Morgan fingerprint density at radius 3 is 2.71 bits per heavy atom. The first-order valence-electron chi connectivity index (χ1n) is 6.32. The molecular formula is C16H16O. The number of hydrogen-bond acceptors (Lipinski definition) is 1. The van der Waals surface area contributed by atoms with Gasteiger partial charge in [0.2, 0.25) is 0 Å². The number of hydrogen-bond donors (Lipinski definition) is 0. The highest BCUT2D eigenvalue weighted by Crippen LogP contribution is 2.43. The van der Waals surface area contributed by atoms with E-state index in [1.165, 1.54) is 17.6 Å². The minimum Gasteiger partial charge on any atom is -0.293 e. The van der Waals surface area contributed by atoms with Crippen molar-refractivity contribution < 1.29 is 4.79 Å². The first-order chi connectivity index (χ1) is 8.29. The molecule has 0 aliphatic heterocycles. The molecule has 0 N–H and O–H groups in total. The van der Waals surface area contributed by atoms with Crippen LogP contribution in [0.15, 0.2) is 47.6 Å². The van der Waals surface area contributed by atoms with E-state index in [1.54, 1.807) is 0 Å². The van der Waals surface area contributed by atoms with Crippen LogP contribution >= 0.6 is 0 Å². The van der Waals surface area contributed by atoms with E-state index < -0.39 is 0 Å². The Bertz CT molecular complexity index is 520. The molecule has 0 amide bonds. The zero-order chi connectivity index (χ0) is 11.8. The van der Waals surface area contributed by atoms with Crippen molar-refractivity contribution in [3.8, 4) is 0 Å². The van der Waals surface area contributed by atoms with Crippen LogP contribution in [0.2, 0.25) is 0 Å². The maximum atomic E-state index is 12.4. The van der Waals surface area contributed by atoms with Gasteiger partial charge in [-0.05, 0) is 36.0 Å². The summed E-state index contributed by atoms with van der Waals surface area (Å²) in [5.74, 6) is 0.375. The SMILES string of the molecule is CC1C(=O)C(c2ccccc2)=C2CCCC=C21. The van der Waals surface area contributed by atoms with E-state index >= 15 is 0 Å². The second kappa shape index (κ2) is 3.99. The molecule has 17 heavy (non-hydrogen) atoms. The summed E-state index contributed by atoms with van der Waals surface area (Å²) in [5, 5.41) is 0. The maximum Gasteiger partial charge on any atom is 0.170 e. The second-order valence-corrected chi connectivity index (χ2v) is 4.86. The molecule has 1 atom stereocenters. The lowest BCUT2D eigenvalue weighted by atomic mass is 9.90. The fourth-order valence-electron chi connectivity index (χ4n) is 2.94. The molecule has 1 nitrogen and oxygen atoms in total. The van der Waals surface area contributed by atoms with Crippen LogP contribution in [0.4, 0.5) is 0 Å². The lowest BCUT2D eigenvalue weighted by Crippen LogP contribution is -2.07. The Morgan fingerprint density at radius 1 is 1.18 bits per heavy atom. The van der Waals surface area contributed by atoms with Crippen molar-refractivity contribution in [1.82, 2.24) is 0 Å². The Labute approximate surface area is 102 Å². The molecule has 1 heteroatoms. The van der Waals surface area contributed by atoms with Crippen molar-refractivity contribution in [2.24, 2.45) is 5.92 Å². The van der Waals surface area contributed by atoms with Crippen molar-refractivity contribution in [3.05, 3.63) is 53.1 Å². The standard InChI is InChI=1S/C16H16O/c1-11-13-9-5-6-10-14(13)15(16(11)17)12-7-3-2-4-8-12/h2-4,7-9,11H,5-6,10H2,1H3. The number of allylic oxidation sites excluding steroid dienone is 4. The minimum atomic E-state index is 0.0699. The topological polar surface area (TPSA) is 17.1 Å². The van der Waals surface area contributed by atoms with Gasteiger partial charge in [0.15, 0.2) is 5.78 Å². The molecule has 0 bridgehead atoms. The van der Waals surface area contributed by atoms with Gasteiger partial charge in [-0.3, -0.25) is 4.79 Å². The molecule has 0 spiro atoms. The summed E-state index contributed by atoms with van der Waals surface area (Å²) in [7, 11) is 0. The van der Waals surface area contributed by atoms with Crippen molar-refractivity contribution in [1.29, 1.82) is 0 Å². The van der Waals surface area contributed by atoms with Gasteiger partial charge < -0.3 is 0 Å². The van der Waals surface area contributed by atoms with Crippen LogP contribution in [0.1, 0.15) is 31.7 Å². The Morgan fingerprint density at radius 2 is 1.94 bits per heavy atom. The zero-order valence-corrected chi connectivity index (χ0v) is 10.1. The van der Waals surface area contributed by atoms with Gasteiger partial charge in [0, 0.05) is 11.5 Å². The van der Waals surface area contributed by atoms with Crippen LogP contribution in [0.25, 0.3) is 5.57 Å². The number of Topliss-reactive ketones (excluding diaryl/α,β-unsaturated/α-hetero) is 1. The predicted molar refractivity (Wildman–Crippen MR) is 69.5 cm³/mol. The van der Waals surface area contributed by atoms with Crippen LogP contribution < -0.4 is 0 Å². The summed E-state index contributed by atoms with van der Waals surface area (Å²) >= 11 is 0. The first-order valence-corrected chi connectivity index (χ1v) is 6.32. The van der Waals surface area contributed by atoms with E-state index in [9.17, 15) is 4.79 Å². The Balaban J connectivity index is 2.17. The van der Waals surface area contributed by atoms with Gasteiger partial charge in [-0.2, -0.15) is 0 Å². The van der Waals surface area contributed by atoms with Crippen molar-refractivity contribution >= 4 is 11.4 Å². The third-order valence-corrected chi connectivity index (χ3v) is 3.81. The molecule has 0 saturated heterocycles. The van der Waals surface area contributed by atoms with Gasteiger partial charge in [-0.25, -0.2) is 0 Å². The van der Waals surface area contributed by atoms with Crippen molar-refractivity contribution in [2.75, 3.05) is 0 Å². The van der Waals surface area contributed by atoms with Crippen LogP contribution in [0.3, 0.4) is 0 Å². The van der Waals surface area contributed by atoms with Gasteiger partial charge in [0.05, 0.1) is 0 Å². The molecular weight excluding hydrogens is 208 g/mol. The van der Waals surface area contributed by atoms with E-state index in [2.05, 4.69) is 6.08 Å². The molecule has 0 saturated carbocycles. The third-order valence-electron chi connectivity index (χ3n) is 3.81. The quantitative estimate of drug-likeness (QED) is 0.709. The zero-order valence-electron chi connectivity index (χ0n) is 10.1. The summed E-state index contributed by atoms with van der Waals surface area (Å²) in [4.78, 5) is 12.4. The van der Waals surface area contributed by atoms with E-state index in [4.69, 9.17) is 0 Å². The minimum absolute atomic E-state index is 0.0699. The molecule has 2 aliphatic carbocycles. The molecule has 0 aromatic heterocycles. The molecule has 0 heterocycles. The van der Waals surface area contributed by atoms with E-state index in [0.717, 1.165) is 24.0 Å². The summed E-state index contributed by atoms with van der Waals surface area (Å²) in [6.07, 6.45) is 5.62. The van der Waals surface area contributed by atoms with Gasteiger partial charge >= 0.3 is 0 Å². The first kappa shape index (κ1) is 10.5. The molecule has 2 aliphatic rings. The summed E-state index contributed by atoms with van der Waals surface area (Å²) in [5.41, 5.74) is 4.66. The van der Waals surface area contributed by atoms with Gasteiger partial charge in [-0.1, -0.05) is 43.3 Å². The van der Waals surface area contributed by atoms with E-state index in [-0.39, 0.29) is 5.92 Å². The molecule has 0 radical (unpaired) electrons. The summed E-state index contributed by atoms with van der Waals surface area (Å²) in [6, 6.07) is 10.1. The molecule has 0 fully saturated rings. The lowest BCUT2D eigenvalue weighted by molar-refractivity contribution is -0.115. The number of rotatable bonds is 1. The lowest BCUT2D eigenvalue weighted by Gasteiger charge is -2.14. The fourth-order valence-corrected chi connectivity index (χ4v) is 2.94. The molecule has 1 aromatic rings. The number of fused-ring (bicyclic) bond motifs is 1. The number of ketones is 1. The number of carbonyl (C=O) groups excluding carboxylic acids is 1. The van der Waals surface area contributed by atoms with E-state index in [0.29, 0.717) is 5.78 Å². The predicted octanol–water partition coefficient (Wildman–Crippen LogP) is 3.77. The monoisotopic (exact) mass is 224 g/mol. The van der Waals surface area contributed by atoms with Crippen LogP contribution in [-0.2, 0) is 4.79 Å². The van der Waals surface area contributed by atoms with E-state index in [1.807, 2.05) is 37.3 Å². The molecule has 1 unspecified atom stereocenters. The molecule has 3 rings (SSSR count). The summed E-state index contributed by atoms with van der Waals surface area (Å²) < 4.78 is 0. The van der Waals surface area contributed by atoms with Gasteiger partial charge in [0.1, 0.15) is 0 Å². The summed E-state index contributed by atoms with van der Waals surface area (Å²) in [6.45, 7) is 2.04. The molecule has 86 valence electrons. The normalized spacial score (nSPS) is 23.7. The molecule has 1 aromatic carbocycles. The Kier molecular flexibility index (Phi) is 2.47. The fraction of sp³-hybridized carbons (Fsp3) is 0.312. The van der Waals surface area contributed by atoms with Gasteiger partial charge in [0.25, 0.3) is 0 Å². The number of carbonyl (C=O) groups is 1. The van der Waals surface area contributed by atoms with Crippen LogP contribution in [0.5, 0.6) is 0 Å². The largest absolute Gasteiger partial charge is 0.293 e. The van der Waals surface area contributed by atoms with Crippen molar-refractivity contribution in [2.45, 2.75) is 26.2 Å².